The number of carbonyl (C=O) groups excluding carboxylic acids is 2. The van der Waals surface area contributed by atoms with Gasteiger partial charge in [0, 0.05) is 23.2 Å². The average Bonchev–Trinajstić information content (AvgIpc) is 3.30. The molecular weight excluding hydrogens is 482 g/mol. The molecule has 5 rings (SSSR count). The molecule has 0 aliphatic heterocycles. The van der Waals surface area contributed by atoms with Crippen molar-refractivity contribution in [3.05, 3.63) is 108 Å². The molecule has 1 aliphatic carbocycles. The largest absolute Gasteiger partial charge is 0.484 e. The predicted molar refractivity (Wildman–Crippen MR) is 144 cm³/mol. The number of fused-ring (bicyclic) bond motifs is 1. The molecule has 0 saturated carbocycles. The Hall–Kier alpha value is -4.85. The fourth-order valence-electron chi connectivity index (χ4n) is 4.24. The van der Waals surface area contributed by atoms with Gasteiger partial charge in [-0.15, -0.1) is 0 Å². The van der Waals surface area contributed by atoms with Crippen molar-refractivity contribution in [2.75, 3.05) is 11.9 Å². The summed E-state index contributed by atoms with van der Waals surface area (Å²) in [4.78, 5) is 25.3. The summed E-state index contributed by atoms with van der Waals surface area (Å²) in [6, 6.07) is 25.7. The number of para-hydroxylation sites is 2. The first-order chi connectivity index (χ1) is 18.6. The Labute approximate surface area is 220 Å². The lowest BCUT2D eigenvalue weighted by molar-refractivity contribution is -0.123. The molecule has 2 amide bonds. The molecule has 192 valence electrons. The zero-order valence-electron chi connectivity index (χ0n) is 20.9. The third-order valence-electron chi connectivity index (χ3n) is 6.05. The summed E-state index contributed by atoms with van der Waals surface area (Å²) in [6.45, 7) is 1.68. The zero-order chi connectivity index (χ0) is 26.3. The first-order valence-electron chi connectivity index (χ1n) is 12.4. The fraction of sp³-hybridized carbons (Fsp3) is 0.167. The van der Waals surface area contributed by atoms with Crippen molar-refractivity contribution >= 4 is 23.2 Å². The molecule has 0 radical (unpaired) electrons. The lowest BCUT2D eigenvalue weighted by Gasteiger charge is -2.13. The van der Waals surface area contributed by atoms with E-state index in [-0.39, 0.29) is 24.2 Å². The van der Waals surface area contributed by atoms with E-state index in [1.807, 2.05) is 55.5 Å². The maximum atomic E-state index is 13.1. The third kappa shape index (κ3) is 5.92. The van der Waals surface area contributed by atoms with Crippen molar-refractivity contribution in [1.29, 1.82) is 0 Å². The van der Waals surface area contributed by atoms with Crippen molar-refractivity contribution in [2.24, 2.45) is 5.10 Å². The zero-order valence-corrected chi connectivity index (χ0v) is 20.9. The number of ether oxygens (including phenoxy) is 2. The van der Waals surface area contributed by atoms with Crippen molar-refractivity contribution in [3.8, 4) is 17.2 Å². The van der Waals surface area contributed by atoms with E-state index in [0.29, 0.717) is 47.1 Å². The van der Waals surface area contributed by atoms with Crippen LogP contribution in [-0.4, -0.2) is 24.1 Å². The van der Waals surface area contributed by atoms with Crippen LogP contribution < -0.4 is 20.2 Å². The van der Waals surface area contributed by atoms with Crippen LogP contribution in [0.25, 0.3) is 0 Å². The van der Waals surface area contributed by atoms with E-state index in [1.165, 1.54) is 0 Å². The number of hydrazone groups is 1. The van der Waals surface area contributed by atoms with Gasteiger partial charge in [0.15, 0.2) is 12.4 Å². The molecule has 4 aromatic rings. The van der Waals surface area contributed by atoms with E-state index in [4.69, 9.17) is 13.9 Å². The number of rotatable bonds is 8. The highest BCUT2D eigenvalue weighted by Gasteiger charge is 2.28. The van der Waals surface area contributed by atoms with Crippen LogP contribution in [0.4, 0.5) is 5.69 Å². The molecule has 8 nitrogen and oxygen atoms in total. The number of hydrogen-bond donors (Lipinski definition) is 2. The van der Waals surface area contributed by atoms with Gasteiger partial charge in [0.2, 0.25) is 0 Å². The van der Waals surface area contributed by atoms with Crippen molar-refractivity contribution in [3.63, 3.8) is 0 Å². The number of carbonyl (C=O) groups is 2. The minimum Gasteiger partial charge on any atom is -0.484 e. The van der Waals surface area contributed by atoms with Gasteiger partial charge >= 0.3 is 0 Å². The first kappa shape index (κ1) is 24.8. The van der Waals surface area contributed by atoms with Crippen LogP contribution in [0.2, 0.25) is 0 Å². The Morgan fingerprint density at radius 1 is 0.868 bits per heavy atom. The van der Waals surface area contributed by atoms with E-state index < -0.39 is 0 Å². The lowest BCUT2D eigenvalue weighted by Crippen LogP contribution is -2.27. The molecule has 2 N–H and O–H groups in total. The number of furan rings is 1. The van der Waals surface area contributed by atoms with Gasteiger partial charge in [-0.3, -0.25) is 9.59 Å². The molecule has 0 spiro atoms. The van der Waals surface area contributed by atoms with Gasteiger partial charge < -0.3 is 19.2 Å². The number of anilines is 1. The Morgan fingerprint density at radius 3 is 2.24 bits per heavy atom. The van der Waals surface area contributed by atoms with Crippen molar-refractivity contribution in [2.45, 2.75) is 26.2 Å². The number of aryl methyl sites for hydroxylation is 1. The van der Waals surface area contributed by atoms with E-state index in [2.05, 4.69) is 15.8 Å². The fourth-order valence-corrected chi connectivity index (χ4v) is 4.24. The normalized spacial score (nSPS) is 13.4. The number of amides is 2. The molecule has 0 bridgehead atoms. The lowest BCUT2D eigenvalue weighted by atomic mass is 9.93. The minimum absolute atomic E-state index is 0.152. The quantitative estimate of drug-likeness (QED) is 0.289. The first-order valence-corrected chi connectivity index (χ1v) is 12.4. The number of hydrogen-bond acceptors (Lipinski definition) is 6. The monoisotopic (exact) mass is 509 g/mol. The molecule has 1 heterocycles. The molecular formula is C30H27N3O5. The van der Waals surface area contributed by atoms with Gasteiger partial charge in [-0.1, -0.05) is 36.4 Å². The summed E-state index contributed by atoms with van der Waals surface area (Å²) >= 11 is 0. The van der Waals surface area contributed by atoms with E-state index in [0.717, 1.165) is 17.7 Å². The number of nitrogens with zero attached hydrogens (tertiary/aromatic N) is 1. The maximum Gasteiger partial charge on any atom is 0.291 e. The summed E-state index contributed by atoms with van der Waals surface area (Å²) < 4.78 is 17.2. The molecule has 1 aliphatic rings. The predicted octanol–water partition coefficient (Wildman–Crippen LogP) is 5.87. The second-order valence-electron chi connectivity index (χ2n) is 8.80. The highest BCUT2D eigenvalue weighted by atomic mass is 16.5. The molecule has 0 unspecified atom stereocenters. The summed E-state index contributed by atoms with van der Waals surface area (Å²) in [5.41, 5.74) is 5.32. The van der Waals surface area contributed by atoms with Crippen LogP contribution in [0.5, 0.6) is 17.2 Å². The molecule has 8 heteroatoms. The number of nitrogens with one attached hydrogen (secondary N) is 2. The average molecular weight is 510 g/mol. The van der Waals surface area contributed by atoms with Crippen LogP contribution in [0.15, 0.2) is 94.4 Å². The second-order valence-corrected chi connectivity index (χ2v) is 8.80. The Bertz CT molecular complexity index is 1440. The molecule has 0 fully saturated rings. The minimum atomic E-state index is -0.368. The Balaban J connectivity index is 1.23. The topological polar surface area (TPSA) is 102 Å². The highest BCUT2D eigenvalue weighted by Crippen LogP contribution is 2.30. The maximum absolute atomic E-state index is 13.1. The van der Waals surface area contributed by atoms with Crippen LogP contribution in [0.3, 0.4) is 0 Å². The van der Waals surface area contributed by atoms with E-state index in [9.17, 15) is 9.59 Å². The third-order valence-corrected chi connectivity index (χ3v) is 6.05. The van der Waals surface area contributed by atoms with Gasteiger partial charge in [-0.2, -0.15) is 5.10 Å². The van der Waals surface area contributed by atoms with Crippen molar-refractivity contribution < 1.29 is 23.5 Å². The van der Waals surface area contributed by atoms with Crippen molar-refractivity contribution in [1.82, 2.24) is 5.43 Å². The van der Waals surface area contributed by atoms with E-state index in [1.54, 1.807) is 36.4 Å². The molecule has 3 aromatic carbocycles. The standard InChI is InChI=1S/C30H27N3O5/c1-20-28-25(32-33-27(34)19-36-22-9-4-2-5-10-22)13-8-14-26(28)38-29(20)30(35)31-21-15-17-24(18-16-21)37-23-11-6-3-7-12-23/h2-7,9-12,15-18H,8,13-14,19H2,1H3,(H,31,35)(H,33,34)/b32-25+. The molecule has 38 heavy (non-hydrogen) atoms. The molecule has 0 saturated heterocycles. The summed E-state index contributed by atoms with van der Waals surface area (Å²) in [6.07, 6.45) is 2.16. The van der Waals surface area contributed by atoms with Gasteiger partial charge in [-0.25, -0.2) is 5.43 Å². The smallest absolute Gasteiger partial charge is 0.291 e. The highest BCUT2D eigenvalue weighted by molar-refractivity contribution is 6.09. The van der Waals surface area contributed by atoms with Gasteiger partial charge in [-0.05, 0) is 68.3 Å². The van der Waals surface area contributed by atoms with Crippen LogP contribution in [-0.2, 0) is 11.2 Å². The van der Waals surface area contributed by atoms with E-state index >= 15 is 0 Å². The SMILES string of the molecule is Cc1c(C(=O)Nc2ccc(Oc3ccccc3)cc2)oc2c1/C(=N/NC(=O)COc1ccccc1)CCC2. The molecule has 1 aromatic heterocycles. The van der Waals surface area contributed by atoms with Gasteiger partial charge in [0.25, 0.3) is 11.8 Å². The van der Waals surface area contributed by atoms with Crippen LogP contribution in [0.1, 0.15) is 40.3 Å². The van der Waals surface area contributed by atoms with Gasteiger partial charge in [0.05, 0.1) is 5.71 Å². The Morgan fingerprint density at radius 2 is 1.53 bits per heavy atom. The summed E-state index contributed by atoms with van der Waals surface area (Å²) in [5, 5.41) is 7.21. The second kappa shape index (κ2) is 11.5. The summed E-state index contributed by atoms with van der Waals surface area (Å²) in [5.74, 6) is 2.21. The van der Waals surface area contributed by atoms with Crippen LogP contribution in [0, 0.1) is 6.92 Å². The van der Waals surface area contributed by atoms with Gasteiger partial charge in [0.1, 0.15) is 23.0 Å². The number of benzene rings is 3. The molecule has 0 atom stereocenters. The Kier molecular flexibility index (Phi) is 7.49. The summed E-state index contributed by atoms with van der Waals surface area (Å²) in [7, 11) is 0. The van der Waals surface area contributed by atoms with Crippen LogP contribution >= 0.6 is 0 Å².